The number of aliphatic hydroxyl groups is 1. The van der Waals surface area contributed by atoms with Crippen molar-refractivity contribution in [1.82, 2.24) is 0 Å². The van der Waals surface area contributed by atoms with E-state index in [4.69, 9.17) is 0 Å². The van der Waals surface area contributed by atoms with Gasteiger partial charge in [0.05, 0.1) is 6.10 Å². The van der Waals surface area contributed by atoms with Gasteiger partial charge in [0.25, 0.3) is 0 Å². The predicted octanol–water partition coefficient (Wildman–Crippen LogP) is 3.37. The van der Waals surface area contributed by atoms with Gasteiger partial charge >= 0.3 is 0 Å². The average Bonchev–Trinajstić information content (AvgIpc) is 2.32. The van der Waals surface area contributed by atoms with Crippen LogP contribution < -0.4 is 4.90 Å². The number of anilines is 1. The van der Waals surface area contributed by atoms with Crippen LogP contribution in [0.2, 0.25) is 0 Å². The molecule has 1 aromatic carbocycles. The van der Waals surface area contributed by atoms with Gasteiger partial charge in [-0.2, -0.15) is 0 Å². The third-order valence-corrected chi connectivity index (χ3v) is 3.85. The minimum Gasteiger partial charge on any atom is -0.388 e. The number of para-hydroxylation sites is 1. The summed E-state index contributed by atoms with van der Waals surface area (Å²) in [4.78, 5) is 2.30. The second-order valence-electron chi connectivity index (χ2n) is 5.16. The third-order valence-electron chi connectivity index (χ3n) is 3.85. The van der Waals surface area contributed by atoms with Crippen LogP contribution in [0.25, 0.3) is 0 Å². The minimum absolute atomic E-state index is 0.338. The molecular weight excluding hydrogens is 210 g/mol. The smallest absolute Gasteiger partial charge is 0.0807 e. The first-order valence-corrected chi connectivity index (χ1v) is 6.70. The summed E-state index contributed by atoms with van der Waals surface area (Å²) in [6.07, 6.45) is 4.55. The zero-order valence-corrected chi connectivity index (χ0v) is 10.9. The highest BCUT2D eigenvalue weighted by molar-refractivity contribution is 5.54. The van der Waals surface area contributed by atoms with Crippen molar-refractivity contribution in [2.75, 3.05) is 18.5 Å². The lowest BCUT2D eigenvalue weighted by Gasteiger charge is -2.32. The third kappa shape index (κ3) is 2.81. The van der Waals surface area contributed by atoms with Crippen molar-refractivity contribution in [2.24, 2.45) is 5.92 Å². The summed E-state index contributed by atoms with van der Waals surface area (Å²) >= 11 is 0. The highest BCUT2D eigenvalue weighted by Gasteiger charge is 2.21. The molecule has 1 aliphatic carbocycles. The van der Waals surface area contributed by atoms with Crippen molar-refractivity contribution in [3.63, 3.8) is 0 Å². The molecule has 1 saturated carbocycles. The molecule has 0 bridgehead atoms. The van der Waals surface area contributed by atoms with Crippen molar-refractivity contribution >= 4 is 5.69 Å². The first-order chi connectivity index (χ1) is 8.22. The predicted molar refractivity (Wildman–Crippen MR) is 72.3 cm³/mol. The molecule has 2 heteroatoms. The van der Waals surface area contributed by atoms with E-state index in [1.54, 1.807) is 0 Å². The summed E-state index contributed by atoms with van der Waals surface area (Å²) < 4.78 is 0. The van der Waals surface area contributed by atoms with Crippen LogP contribution in [0.5, 0.6) is 0 Å². The number of aliphatic hydroxyl groups excluding tert-OH is 1. The topological polar surface area (TPSA) is 23.5 Å². The number of hydrogen-bond donors (Lipinski definition) is 1. The minimum atomic E-state index is -0.338. The standard InChI is InChI=1S/C15H23NO/c1-3-15(17)13-9-4-5-10-14(13)16(2)11-12-7-6-8-12/h4-5,9-10,12,15,17H,3,6-8,11H2,1-2H3/t15-/m1/s1. The van der Waals surface area contributed by atoms with E-state index in [0.29, 0.717) is 0 Å². The van der Waals surface area contributed by atoms with Crippen LogP contribution in [0.15, 0.2) is 24.3 Å². The fraction of sp³-hybridized carbons (Fsp3) is 0.600. The Morgan fingerprint density at radius 2 is 2.06 bits per heavy atom. The molecule has 2 nitrogen and oxygen atoms in total. The van der Waals surface area contributed by atoms with E-state index >= 15 is 0 Å². The molecule has 0 heterocycles. The lowest BCUT2D eigenvalue weighted by atomic mass is 9.85. The van der Waals surface area contributed by atoms with Gasteiger partial charge in [-0.25, -0.2) is 0 Å². The van der Waals surface area contributed by atoms with Crippen molar-refractivity contribution in [2.45, 2.75) is 38.7 Å². The second kappa shape index (κ2) is 5.54. The van der Waals surface area contributed by atoms with Gasteiger partial charge in [-0.05, 0) is 31.2 Å². The number of hydrogen-bond acceptors (Lipinski definition) is 2. The number of nitrogens with zero attached hydrogens (tertiary/aromatic N) is 1. The number of benzene rings is 1. The molecule has 0 amide bonds. The maximum absolute atomic E-state index is 10.0. The van der Waals surface area contributed by atoms with Crippen LogP contribution in [-0.2, 0) is 0 Å². The largest absolute Gasteiger partial charge is 0.388 e. The van der Waals surface area contributed by atoms with Crippen LogP contribution in [0.1, 0.15) is 44.3 Å². The molecule has 0 unspecified atom stereocenters. The van der Waals surface area contributed by atoms with Gasteiger partial charge in [0.15, 0.2) is 0 Å². The van der Waals surface area contributed by atoms with E-state index in [1.165, 1.54) is 24.9 Å². The van der Waals surface area contributed by atoms with Crippen molar-refractivity contribution in [3.05, 3.63) is 29.8 Å². The fourth-order valence-electron chi connectivity index (χ4n) is 2.50. The molecule has 1 fully saturated rings. The lowest BCUT2D eigenvalue weighted by molar-refractivity contribution is 0.174. The van der Waals surface area contributed by atoms with Crippen molar-refractivity contribution in [3.8, 4) is 0 Å². The van der Waals surface area contributed by atoms with Crippen LogP contribution in [0, 0.1) is 5.92 Å². The summed E-state index contributed by atoms with van der Waals surface area (Å²) in [5, 5.41) is 10.0. The number of rotatable bonds is 5. The zero-order chi connectivity index (χ0) is 12.3. The van der Waals surface area contributed by atoms with Crippen molar-refractivity contribution in [1.29, 1.82) is 0 Å². The molecule has 1 atom stereocenters. The van der Waals surface area contributed by atoms with E-state index in [2.05, 4.69) is 24.1 Å². The molecule has 94 valence electrons. The molecule has 17 heavy (non-hydrogen) atoms. The Morgan fingerprint density at radius 3 is 2.65 bits per heavy atom. The average molecular weight is 233 g/mol. The van der Waals surface area contributed by atoms with E-state index < -0.39 is 0 Å². The summed E-state index contributed by atoms with van der Waals surface area (Å²) in [5.74, 6) is 0.854. The Morgan fingerprint density at radius 1 is 1.35 bits per heavy atom. The summed E-state index contributed by atoms with van der Waals surface area (Å²) in [5.41, 5.74) is 2.26. The fourth-order valence-corrected chi connectivity index (χ4v) is 2.50. The summed E-state index contributed by atoms with van der Waals surface area (Å²) in [6, 6.07) is 8.22. The van der Waals surface area contributed by atoms with Gasteiger partial charge in [-0.3, -0.25) is 0 Å². The van der Waals surface area contributed by atoms with E-state index in [9.17, 15) is 5.11 Å². The Hall–Kier alpha value is -1.02. The molecule has 0 aliphatic heterocycles. The normalized spacial score (nSPS) is 17.6. The molecule has 1 aliphatic rings. The molecule has 2 rings (SSSR count). The Bertz CT molecular complexity index is 360. The first-order valence-electron chi connectivity index (χ1n) is 6.70. The van der Waals surface area contributed by atoms with Crippen LogP contribution in [0.3, 0.4) is 0 Å². The molecular formula is C15H23NO. The van der Waals surface area contributed by atoms with Crippen LogP contribution in [0.4, 0.5) is 5.69 Å². The van der Waals surface area contributed by atoms with Gasteiger partial charge in [-0.15, -0.1) is 0 Å². The Kier molecular flexibility index (Phi) is 4.06. The lowest BCUT2D eigenvalue weighted by Crippen LogP contribution is -2.30. The SMILES string of the molecule is CC[C@@H](O)c1ccccc1N(C)CC1CCC1. The highest BCUT2D eigenvalue weighted by Crippen LogP contribution is 2.31. The van der Waals surface area contributed by atoms with E-state index in [1.807, 2.05) is 19.1 Å². The zero-order valence-electron chi connectivity index (χ0n) is 10.9. The molecule has 0 aromatic heterocycles. The second-order valence-corrected chi connectivity index (χ2v) is 5.16. The first kappa shape index (κ1) is 12.4. The van der Waals surface area contributed by atoms with E-state index in [0.717, 1.165) is 24.4 Å². The van der Waals surface area contributed by atoms with Gasteiger partial charge in [-0.1, -0.05) is 31.5 Å². The van der Waals surface area contributed by atoms with Gasteiger partial charge < -0.3 is 10.0 Å². The summed E-state index contributed by atoms with van der Waals surface area (Å²) in [6.45, 7) is 3.14. The van der Waals surface area contributed by atoms with Crippen LogP contribution >= 0.6 is 0 Å². The van der Waals surface area contributed by atoms with Gasteiger partial charge in [0, 0.05) is 24.8 Å². The monoisotopic (exact) mass is 233 g/mol. The molecule has 1 aromatic rings. The molecule has 0 radical (unpaired) electrons. The summed E-state index contributed by atoms with van der Waals surface area (Å²) in [7, 11) is 2.14. The van der Waals surface area contributed by atoms with E-state index in [-0.39, 0.29) is 6.10 Å². The van der Waals surface area contributed by atoms with Crippen LogP contribution in [-0.4, -0.2) is 18.7 Å². The van der Waals surface area contributed by atoms with Gasteiger partial charge in [0.2, 0.25) is 0 Å². The van der Waals surface area contributed by atoms with Gasteiger partial charge in [0.1, 0.15) is 0 Å². The van der Waals surface area contributed by atoms with Crippen molar-refractivity contribution < 1.29 is 5.11 Å². The quantitative estimate of drug-likeness (QED) is 0.843. The molecule has 0 saturated heterocycles. The highest BCUT2D eigenvalue weighted by atomic mass is 16.3. The molecule has 1 N–H and O–H groups in total. The maximum Gasteiger partial charge on any atom is 0.0807 e. The maximum atomic E-state index is 10.0. The Labute approximate surface area is 104 Å². The Balaban J connectivity index is 2.12. The molecule has 0 spiro atoms.